The van der Waals surface area contributed by atoms with Crippen LogP contribution < -0.4 is 4.72 Å². The molecule has 0 bridgehead atoms. The molecule has 0 atom stereocenters. The molecule has 74 valence electrons. The van der Waals surface area contributed by atoms with E-state index < -0.39 is 10.0 Å². The van der Waals surface area contributed by atoms with Gasteiger partial charge in [-0.25, -0.2) is 18.1 Å². The third-order valence-corrected chi connectivity index (χ3v) is 2.97. The van der Waals surface area contributed by atoms with E-state index in [4.69, 9.17) is 0 Å². The predicted molar refractivity (Wildman–Crippen MR) is 48.7 cm³/mol. The van der Waals surface area contributed by atoms with Gasteiger partial charge in [0.15, 0.2) is 5.03 Å². The zero-order valence-corrected chi connectivity index (χ0v) is 8.26. The van der Waals surface area contributed by atoms with Crippen molar-refractivity contribution in [2.75, 3.05) is 6.54 Å². The fourth-order valence-corrected chi connectivity index (χ4v) is 1.83. The Morgan fingerprint density at radius 3 is 2.92 bits per heavy atom. The molecule has 0 saturated carbocycles. The van der Waals surface area contributed by atoms with Crippen LogP contribution in [0.5, 0.6) is 0 Å². The van der Waals surface area contributed by atoms with Gasteiger partial charge in [-0.3, -0.25) is 0 Å². The van der Waals surface area contributed by atoms with Crippen LogP contribution in [0.1, 0.15) is 19.8 Å². The Bertz CT molecular complexity index is 331. The third-order valence-electron chi connectivity index (χ3n) is 1.59. The van der Waals surface area contributed by atoms with Crippen LogP contribution in [0.3, 0.4) is 0 Å². The Labute approximate surface area is 77.6 Å². The normalized spacial score (nSPS) is 11.8. The van der Waals surface area contributed by atoms with Crippen molar-refractivity contribution >= 4 is 10.0 Å². The van der Waals surface area contributed by atoms with Crippen molar-refractivity contribution in [3.05, 3.63) is 12.5 Å². The first-order valence-electron chi connectivity index (χ1n) is 4.15. The average molecular weight is 203 g/mol. The van der Waals surface area contributed by atoms with Gasteiger partial charge < -0.3 is 4.98 Å². The highest BCUT2D eigenvalue weighted by atomic mass is 32.2. The smallest absolute Gasteiger partial charge is 0.257 e. The molecule has 5 nitrogen and oxygen atoms in total. The minimum absolute atomic E-state index is 0.114. The summed E-state index contributed by atoms with van der Waals surface area (Å²) >= 11 is 0. The first-order valence-corrected chi connectivity index (χ1v) is 5.63. The summed E-state index contributed by atoms with van der Waals surface area (Å²) in [5, 5.41) is 0.114. The Hall–Kier alpha value is -0.880. The van der Waals surface area contributed by atoms with Crippen LogP contribution in [0, 0.1) is 0 Å². The molecule has 0 saturated heterocycles. The highest BCUT2D eigenvalue weighted by Crippen LogP contribution is 2.01. The number of hydrogen-bond acceptors (Lipinski definition) is 3. The van der Waals surface area contributed by atoms with Crippen LogP contribution in [0.25, 0.3) is 0 Å². The lowest BCUT2D eigenvalue weighted by Crippen LogP contribution is -2.24. The van der Waals surface area contributed by atoms with E-state index in [0.29, 0.717) is 6.54 Å². The zero-order valence-electron chi connectivity index (χ0n) is 7.45. The Balaban J connectivity index is 2.58. The van der Waals surface area contributed by atoms with E-state index in [0.717, 1.165) is 12.8 Å². The molecular weight excluding hydrogens is 190 g/mol. The molecule has 13 heavy (non-hydrogen) atoms. The van der Waals surface area contributed by atoms with Gasteiger partial charge >= 0.3 is 0 Å². The van der Waals surface area contributed by atoms with Gasteiger partial charge in [0.25, 0.3) is 10.0 Å². The summed E-state index contributed by atoms with van der Waals surface area (Å²) in [6.45, 7) is 2.47. The second kappa shape index (κ2) is 4.38. The van der Waals surface area contributed by atoms with Crippen LogP contribution in [-0.4, -0.2) is 24.9 Å². The number of aromatic amines is 1. The molecule has 1 aromatic rings. The fraction of sp³-hybridized carbons (Fsp3) is 0.571. The van der Waals surface area contributed by atoms with Gasteiger partial charge in [0.05, 0.1) is 12.5 Å². The number of imidazole rings is 1. The van der Waals surface area contributed by atoms with Gasteiger partial charge in [0.2, 0.25) is 0 Å². The number of unbranched alkanes of at least 4 members (excludes halogenated alkanes) is 1. The van der Waals surface area contributed by atoms with Crippen molar-refractivity contribution in [3.8, 4) is 0 Å². The van der Waals surface area contributed by atoms with Crippen LogP contribution in [0.4, 0.5) is 0 Å². The number of H-pyrrole nitrogens is 1. The van der Waals surface area contributed by atoms with Crippen molar-refractivity contribution in [1.82, 2.24) is 14.7 Å². The van der Waals surface area contributed by atoms with E-state index in [2.05, 4.69) is 14.7 Å². The first kappa shape index (κ1) is 10.2. The number of rotatable bonds is 5. The van der Waals surface area contributed by atoms with E-state index in [-0.39, 0.29) is 5.03 Å². The van der Waals surface area contributed by atoms with Crippen molar-refractivity contribution in [2.24, 2.45) is 0 Å². The predicted octanol–water partition coefficient (Wildman–Crippen LogP) is 0.488. The largest absolute Gasteiger partial charge is 0.335 e. The molecule has 2 N–H and O–H groups in total. The molecule has 1 aromatic heterocycles. The lowest BCUT2D eigenvalue weighted by molar-refractivity contribution is 0.575. The number of sulfonamides is 1. The number of aromatic nitrogens is 2. The molecule has 0 spiro atoms. The first-order chi connectivity index (χ1) is 6.17. The van der Waals surface area contributed by atoms with E-state index >= 15 is 0 Å². The van der Waals surface area contributed by atoms with Crippen LogP contribution >= 0.6 is 0 Å². The van der Waals surface area contributed by atoms with E-state index in [9.17, 15) is 8.42 Å². The monoisotopic (exact) mass is 203 g/mol. The minimum Gasteiger partial charge on any atom is -0.335 e. The Kier molecular flexibility index (Phi) is 3.44. The summed E-state index contributed by atoms with van der Waals surface area (Å²) in [5.74, 6) is 0. The summed E-state index contributed by atoms with van der Waals surface area (Å²) in [6, 6.07) is 0. The number of hydrogen-bond donors (Lipinski definition) is 2. The van der Waals surface area contributed by atoms with E-state index in [1.165, 1.54) is 12.5 Å². The number of nitrogens with zero attached hydrogens (tertiary/aromatic N) is 1. The SMILES string of the molecule is CCCCNS(=O)(=O)c1cnc[nH]1. The van der Waals surface area contributed by atoms with E-state index in [1.54, 1.807) is 0 Å². The Morgan fingerprint density at radius 2 is 2.38 bits per heavy atom. The summed E-state index contributed by atoms with van der Waals surface area (Å²) < 4.78 is 25.2. The lowest BCUT2D eigenvalue weighted by Gasteiger charge is -2.02. The maximum absolute atomic E-state index is 11.4. The maximum atomic E-state index is 11.4. The maximum Gasteiger partial charge on any atom is 0.257 e. The molecule has 0 aliphatic rings. The van der Waals surface area contributed by atoms with Crippen LogP contribution in [0.2, 0.25) is 0 Å². The summed E-state index contributed by atoms with van der Waals surface area (Å²) in [6.07, 6.45) is 4.43. The fourth-order valence-electron chi connectivity index (χ4n) is 0.851. The second-order valence-corrected chi connectivity index (χ2v) is 4.40. The summed E-state index contributed by atoms with van der Waals surface area (Å²) in [7, 11) is -3.36. The van der Waals surface area contributed by atoms with Gasteiger partial charge in [-0.15, -0.1) is 0 Å². The Morgan fingerprint density at radius 1 is 1.62 bits per heavy atom. The second-order valence-electron chi connectivity index (χ2n) is 2.67. The molecule has 0 radical (unpaired) electrons. The molecule has 1 rings (SSSR count). The quantitative estimate of drug-likeness (QED) is 0.684. The molecular formula is C7H13N3O2S. The highest BCUT2D eigenvalue weighted by Gasteiger charge is 2.13. The molecule has 0 aromatic carbocycles. The van der Waals surface area contributed by atoms with Crippen molar-refractivity contribution in [2.45, 2.75) is 24.8 Å². The highest BCUT2D eigenvalue weighted by molar-refractivity contribution is 7.89. The molecule has 1 heterocycles. The van der Waals surface area contributed by atoms with Crippen LogP contribution in [-0.2, 0) is 10.0 Å². The third kappa shape index (κ3) is 2.82. The van der Waals surface area contributed by atoms with Crippen molar-refractivity contribution < 1.29 is 8.42 Å². The minimum atomic E-state index is -3.36. The lowest BCUT2D eigenvalue weighted by atomic mass is 10.3. The molecule has 0 fully saturated rings. The van der Waals surface area contributed by atoms with Gasteiger partial charge in [-0.05, 0) is 6.42 Å². The average Bonchev–Trinajstić information content (AvgIpc) is 2.56. The van der Waals surface area contributed by atoms with Crippen molar-refractivity contribution in [1.29, 1.82) is 0 Å². The summed E-state index contributed by atoms with van der Waals surface area (Å²) in [4.78, 5) is 6.18. The topological polar surface area (TPSA) is 74.8 Å². The van der Waals surface area contributed by atoms with Gasteiger partial charge in [-0.1, -0.05) is 13.3 Å². The van der Waals surface area contributed by atoms with Gasteiger partial charge in [0.1, 0.15) is 0 Å². The molecule has 0 aliphatic heterocycles. The molecule has 0 amide bonds. The zero-order chi connectivity index (χ0) is 9.73. The molecule has 0 aliphatic carbocycles. The van der Waals surface area contributed by atoms with Gasteiger partial charge in [-0.2, -0.15) is 0 Å². The standard InChI is InChI=1S/C7H13N3O2S/c1-2-3-4-10-13(11,12)7-5-8-6-9-7/h5-6,10H,2-4H2,1H3,(H,8,9). The molecule has 6 heteroatoms. The summed E-state index contributed by atoms with van der Waals surface area (Å²) in [5.41, 5.74) is 0. The van der Waals surface area contributed by atoms with Crippen molar-refractivity contribution in [3.63, 3.8) is 0 Å². The van der Waals surface area contributed by atoms with E-state index in [1.807, 2.05) is 6.92 Å². The molecule has 0 unspecified atom stereocenters. The van der Waals surface area contributed by atoms with Gasteiger partial charge in [0, 0.05) is 6.54 Å². The van der Waals surface area contributed by atoms with Crippen LogP contribution in [0.15, 0.2) is 17.6 Å². The number of nitrogens with one attached hydrogen (secondary N) is 2.